The molecule has 5 nitrogen and oxygen atoms in total. The van der Waals surface area contributed by atoms with E-state index in [9.17, 15) is 9.50 Å². The molecule has 24 heavy (non-hydrogen) atoms. The van der Waals surface area contributed by atoms with Gasteiger partial charge in [0.05, 0.1) is 6.61 Å². The van der Waals surface area contributed by atoms with Crippen LogP contribution in [0.4, 0.5) is 4.39 Å². The standard InChI is InChI=1S/C17H26FN3O2S/c1-19-16(21-12-17(6-9-22)7-10-23-13-17)20-8-11-24-15-5-3-2-4-14(15)18/h2-5,22H,6-13H2,1H3,(H2,19,20,21). The van der Waals surface area contributed by atoms with E-state index in [2.05, 4.69) is 15.6 Å². The lowest BCUT2D eigenvalue weighted by atomic mass is 9.84. The molecular weight excluding hydrogens is 329 g/mol. The Morgan fingerprint density at radius 3 is 2.92 bits per heavy atom. The Labute approximate surface area is 147 Å². The Bertz CT molecular complexity index is 536. The van der Waals surface area contributed by atoms with Crippen molar-refractivity contribution >= 4 is 17.7 Å². The topological polar surface area (TPSA) is 65.9 Å². The summed E-state index contributed by atoms with van der Waals surface area (Å²) in [4.78, 5) is 4.87. The molecule has 0 aromatic heterocycles. The highest BCUT2D eigenvalue weighted by Gasteiger charge is 2.34. The summed E-state index contributed by atoms with van der Waals surface area (Å²) in [5, 5.41) is 15.8. The van der Waals surface area contributed by atoms with Crippen molar-refractivity contribution in [1.82, 2.24) is 10.6 Å². The predicted molar refractivity (Wildman–Crippen MR) is 96.1 cm³/mol. The van der Waals surface area contributed by atoms with Crippen LogP contribution in [0.3, 0.4) is 0 Å². The largest absolute Gasteiger partial charge is 0.396 e. The van der Waals surface area contributed by atoms with Gasteiger partial charge in [0, 0.05) is 49.4 Å². The molecule has 1 aliphatic rings. The number of aliphatic imine (C=N–C) groups is 1. The summed E-state index contributed by atoms with van der Waals surface area (Å²) in [6, 6.07) is 6.79. The van der Waals surface area contributed by atoms with Gasteiger partial charge in [0.1, 0.15) is 5.82 Å². The van der Waals surface area contributed by atoms with E-state index in [1.54, 1.807) is 19.2 Å². The molecule has 0 bridgehead atoms. The first-order valence-electron chi connectivity index (χ1n) is 8.19. The first-order valence-corrected chi connectivity index (χ1v) is 9.18. The number of aliphatic hydroxyl groups is 1. The fraction of sp³-hybridized carbons (Fsp3) is 0.588. The van der Waals surface area contributed by atoms with Gasteiger partial charge in [-0.2, -0.15) is 0 Å². The van der Waals surface area contributed by atoms with Gasteiger partial charge in [-0.1, -0.05) is 12.1 Å². The number of ether oxygens (including phenoxy) is 1. The van der Waals surface area contributed by atoms with E-state index in [1.807, 2.05) is 6.07 Å². The number of hydrogen-bond donors (Lipinski definition) is 3. The van der Waals surface area contributed by atoms with E-state index < -0.39 is 0 Å². The summed E-state index contributed by atoms with van der Waals surface area (Å²) < 4.78 is 19.0. The molecule has 1 atom stereocenters. The molecule has 1 fully saturated rings. The molecule has 1 unspecified atom stereocenters. The number of halogens is 1. The summed E-state index contributed by atoms with van der Waals surface area (Å²) in [6.45, 7) is 2.97. The smallest absolute Gasteiger partial charge is 0.191 e. The second-order valence-electron chi connectivity index (χ2n) is 5.91. The summed E-state index contributed by atoms with van der Waals surface area (Å²) >= 11 is 1.48. The van der Waals surface area contributed by atoms with Gasteiger partial charge >= 0.3 is 0 Å². The lowest BCUT2D eigenvalue weighted by molar-refractivity contribution is 0.127. The van der Waals surface area contributed by atoms with Gasteiger partial charge in [0.15, 0.2) is 5.96 Å². The number of thioether (sulfide) groups is 1. The molecule has 0 spiro atoms. The zero-order valence-corrected chi connectivity index (χ0v) is 14.9. The molecule has 0 radical (unpaired) electrons. The van der Waals surface area contributed by atoms with Gasteiger partial charge in [-0.05, 0) is 25.0 Å². The maximum Gasteiger partial charge on any atom is 0.191 e. The van der Waals surface area contributed by atoms with Gasteiger partial charge in [0.25, 0.3) is 0 Å². The van der Waals surface area contributed by atoms with E-state index >= 15 is 0 Å². The molecule has 2 rings (SSSR count). The van der Waals surface area contributed by atoms with Crippen LogP contribution in [0.15, 0.2) is 34.2 Å². The number of nitrogens with one attached hydrogen (secondary N) is 2. The second-order valence-corrected chi connectivity index (χ2v) is 7.04. The predicted octanol–water partition coefficient (Wildman–Crippen LogP) is 1.87. The highest BCUT2D eigenvalue weighted by Crippen LogP contribution is 2.31. The van der Waals surface area contributed by atoms with E-state index in [4.69, 9.17) is 4.74 Å². The fourth-order valence-corrected chi connectivity index (χ4v) is 3.50. The normalized spacial score (nSPS) is 21.0. The van der Waals surface area contributed by atoms with Crippen LogP contribution in [-0.4, -0.2) is 56.8 Å². The van der Waals surface area contributed by atoms with Crippen LogP contribution in [-0.2, 0) is 4.74 Å². The molecule has 0 amide bonds. The fourth-order valence-electron chi connectivity index (χ4n) is 2.70. The van der Waals surface area contributed by atoms with Gasteiger partial charge < -0.3 is 20.5 Å². The van der Waals surface area contributed by atoms with Crippen LogP contribution in [0, 0.1) is 11.2 Å². The van der Waals surface area contributed by atoms with Crippen LogP contribution in [0.5, 0.6) is 0 Å². The van der Waals surface area contributed by atoms with Gasteiger partial charge in [-0.15, -0.1) is 11.8 Å². The molecule has 1 saturated heterocycles. The number of hydrogen-bond acceptors (Lipinski definition) is 4. The van der Waals surface area contributed by atoms with Crippen LogP contribution in [0.2, 0.25) is 0 Å². The zero-order chi connectivity index (χ0) is 17.3. The average molecular weight is 355 g/mol. The molecule has 1 aliphatic heterocycles. The Morgan fingerprint density at radius 2 is 2.25 bits per heavy atom. The Hall–Kier alpha value is -1.31. The number of benzene rings is 1. The summed E-state index contributed by atoms with van der Waals surface area (Å²) in [5.74, 6) is 1.28. The SMILES string of the molecule is CN=C(NCCSc1ccccc1F)NCC1(CCO)CCOC1. The summed E-state index contributed by atoms with van der Waals surface area (Å²) in [7, 11) is 1.73. The van der Waals surface area contributed by atoms with E-state index in [0.717, 1.165) is 25.2 Å². The lowest BCUT2D eigenvalue weighted by Gasteiger charge is -2.27. The molecular formula is C17H26FN3O2S. The Morgan fingerprint density at radius 1 is 1.42 bits per heavy atom. The van der Waals surface area contributed by atoms with E-state index in [1.165, 1.54) is 17.8 Å². The van der Waals surface area contributed by atoms with Crippen molar-refractivity contribution < 1.29 is 14.2 Å². The number of nitrogens with zero attached hydrogens (tertiary/aromatic N) is 1. The van der Waals surface area contributed by atoms with Crippen LogP contribution < -0.4 is 10.6 Å². The van der Waals surface area contributed by atoms with Crippen molar-refractivity contribution in [2.45, 2.75) is 17.7 Å². The summed E-state index contributed by atoms with van der Waals surface area (Å²) in [5.41, 5.74) is -0.0196. The van der Waals surface area contributed by atoms with Crippen molar-refractivity contribution in [2.24, 2.45) is 10.4 Å². The van der Waals surface area contributed by atoms with Gasteiger partial charge in [-0.25, -0.2) is 4.39 Å². The van der Waals surface area contributed by atoms with Crippen molar-refractivity contribution in [3.05, 3.63) is 30.1 Å². The highest BCUT2D eigenvalue weighted by atomic mass is 32.2. The summed E-state index contributed by atoms with van der Waals surface area (Å²) in [6.07, 6.45) is 1.67. The maximum atomic E-state index is 13.5. The third-order valence-electron chi connectivity index (χ3n) is 4.17. The zero-order valence-electron chi connectivity index (χ0n) is 14.1. The monoisotopic (exact) mass is 355 g/mol. The third-order valence-corrected chi connectivity index (χ3v) is 5.22. The Kier molecular flexibility index (Phi) is 7.81. The van der Waals surface area contributed by atoms with Crippen molar-refractivity contribution in [1.29, 1.82) is 0 Å². The first kappa shape index (κ1) is 19.0. The third kappa shape index (κ3) is 5.65. The van der Waals surface area contributed by atoms with Crippen LogP contribution >= 0.6 is 11.8 Å². The number of rotatable bonds is 8. The Balaban J connectivity index is 1.71. The molecule has 7 heteroatoms. The average Bonchev–Trinajstić information content (AvgIpc) is 3.05. The van der Waals surface area contributed by atoms with Crippen molar-refractivity contribution in [3.8, 4) is 0 Å². The number of guanidine groups is 1. The molecule has 0 saturated carbocycles. The molecule has 1 aromatic carbocycles. The molecule has 0 aliphatic carbocycles. The number of aliphatic hydroxyl groups excluding tert-OH is 1. The minimum Gasteiger partial charge on any atom is -0.396 e. The highest BCUT2D eigenvalue weighted by molar-refractivity contribution is 7.99. The van der Waals surface area contributed by atoms with Crippen LogP contribution in [0.25, 0.3) is 0 Å². The van der Waals surface area contributed by atoms with E-state index in [-0.39, 0.29) is 17.8 Å². The maximum absolute atomic E-state index is 13.5. The molecule has 1 aromatic rings. The quantitative estimate of drug-likeness (QED) is 0.288. The first-order chi connectivity index (χ1) is 11.7. The van der Waals surface area contributed by atoms with Crippen molar-refractivity contribution in [3.63, 3.8) is 0 Å². The van der Waals surface area contributed by atoms with Crippen LogP contribution in [0.1, 0.15) is 12.8 Å². The molecule has 3 N–H and O–H groups in total. The molecule has 134 valence electrons. The van der Waals surface area contributed by atoms with E-state index in [0.29, 0.717) is 30.6 Å². The van der Waals surface area contributed by atoms with Gasteiger partial charge in [-0.3, -0.25) is 4.99 Å². The second kappa shape index (κ2) is 9.86. The van der Waals surface area contributed by atoms with Gasteiger partial charge in [0.2, 0.25) is 0 Å². The minimum atomic E-state index is -0.183. The molecule has 1 heterocycles. The minimum absolute atomic E-state index is 0.0196. The lowest BCUT2D eigenvalue weighted by Crippen LogP contribution is -2.45. The van der Waals surface area contributed by atoms with Crippen molar-refractivity contribution in [2.75, 3.05) is 45.7 Å².